The van der Waals surface area contributed by atoms with Gasteiger partial charge in [0.25, 0.3) is 5.56 Å². The van der Waals surface area contributed by atoms with E-state index in [1.807, 2.05) is 6.07 Å². The third kappa shape index (κ3) is 4.71. The number of H-pyrrole nitrogens is 1. The quantitative estimate of drug-likeness (QED) is 0.299. The van der Waals surface area contributed by atoms with Crippen LogP contribution in [-0.4, -0.2) is 50.8 Å². The van der Waals surface area contributed by atoms with Crippen molar-refractivity contribution < 1.29 is 14.3 Å². The molecule has 198 valence electrons. The van der Waals surface area contributed by atoms with Crippen LogP contribution in [0.3, 0.4) is 0 Å². The number of hydrogen-bond donors (Lipinski definition) is 2. The molecule has 0 saturated heterocycles. The maximum absolute atomic E-state index is 15.9. The second-order valence-corrected chi connectivity index (χ2v) is 9.33. The maximum Gasteiger partial charge on any atom is 0.335 e. The van der Waals surface area contributed by atoms with E-state index in [4.69, 9.17) is 11.6 Å². The predicted octanol–water partition coefficient (Wildman–Crippen LogP) is 4.09. The Bertz CT molecular complexity index is 1920. The van der Waals surface area contributed by atoms with Gasteiger partial charge in [-0.15, -0.1) is 5.10 Å². The molecule has 2 N–H and O–H groups in total. The first-order valence-electron chi connectivity index (χ1n) is 12.0. The molecular weight excluding hydrogens is 539 g/mol. The molecule has 0 spiro atoms. The van der Waals surface area contributed by atoms with Crippen LogP contribution in [0.15, 0.2) is 84.2 Å². The Labute approximate surface area is 229 Å². The van der Waals surface area contributed by atoms with Gasteiger partial charge >= 0.3 is 5.97 Å². The summed E-state index contributed by atoms with van der Waals surface area (Å²) in [5, 5.41) is 20.8. The number of nitrogens with zero attached hydrogens (tertiary/aromatic N) is 7. The summed E-state index contributed by atoms with van der Waals surface area (Å²) < 4.78 is 18.4. The number of hydrogen-bond acceptors (Lipinski definition) is 7. The number of fused-ring (bicyclic) bond motifs is 1. The molecule has 0 amide bonds. The first-order chi connectivity index (χ1) is 19.4. The molecule has 0 aliphatic heterocycles. The van der Waals surface area contributed by atoms with E-state index in [1.165, 1.54) is 39.8 Å². The van der Waals surface area contributed by atoms with Gasteiger partial charge in [-0.05, 0) is 59.0 Å². The fourth-order valence-electron chi connectivity index (χ4n) is 4.53. The molecule has 4 heterocycles. The van der Waals surface area contributed by atoms with Crippen LogP contribution >= 0.6 is 11.6 Å². The Kier molecular flexibility index (Phi) is 6.36. The van der Waals surface area contributed by atoms with Crippen LogP contribution in [0, 0.1) is 5.82 Å². The number of carbonyl (C=O) groups is 1. The minimum Gasteiger partial charge on any atom is -0.478 e. The van der Waals surface area contributed by atoms with Gasteiger partial charge < -0.3 is 14.7 Å². The molecule has 11 nitrogen and oxygen atoms in total. The van der Waals surface area contributed by atoms with Gasteiger partial charge in [0.05, 0.1) is 22.3 Å². The Morgan fingerprint density at radius 1 is 1.10 bits per heavy atom. The summed E-state index contributed by atoms with van der Waals surface area (Å²) in [6, 6.07) is 15.0. The van der Waals surface area contributed by atoms with Crippen LogP contribution in [0.2, 0.25) is 5.02 Å². The van der Waals surface area contributed by atoms with Gasteiger partial charge in [-0.25, -0.2) is 14.2 Å². The lowest BCUT2D eigenvalue weighted by Gasteiger charge is -2.19. The second-order valence-electron chi connectivity index (χ2n) is 8.90. The van der Waals surface area contributed by atoms with Crippen molar-refractivity contribution in [2.24, 2.45) is 0 Å². The highest BCUT2D eigenvalue weighted by Crippen LogP contribution is 2.31. The average Bonchev–Trinajstić information content (AvgIpc) is 3.63. The van der Waals surface area contributed by atoms with Crippen LogP contribution in [-0.2, 0) is 6.42 Å². The highest BCUT2D eigenvalue weighted by atomic mass is 35.5. The Morgan fingerprint density at radius 2 is 1.98 bits per heavy atom. The molecule has 0 radical (unpaired) electrons. The molecular formula is C27H18ClFN8O3. The third-order valence-electron chi connectivity index (χ3n) is 6.41. The van der Waals surface area contributed by atoms with Crippen LogP contribution in [0.4, 0.5) is 4.39 Å². The van der Waals surface area contributed by atoms with Gasteiger partial charge in [0, 0.05) is 46.7 Å². The van der Waals surface area contributed by atoms with Gasteiger partial charge in [-0.2, -0.15) is 4.68 Å². The summed E-state index contributed by atoms with van der Waals surface area (Å²) >= 11 is 6.22. The molecule has 40 heavy (non-hydrogen) atoms. The van der Waals surface area contributed by atoms with Gasteiger partial charge in [0.2, 0.25) is 0 Å². The summed E-state index contributed by atoms with van der Waals surface area (Å²) in [7, 11) is 0. The fraction of sp³-hybridized carbons (Fsp3) is 0.0741. The standard InChI is InChI=1S/C27H18ClFN8O3/c28-16-5-7-23(37-14-31-34-35-37)19(10-16)18-12-25(38)36(13-20(18)29)24(11-17-3-1-2-8-30-17)26-32-21-6-4-15(27(39)40)9-22(21)33-26/h1-10,12-14,24H,11H2,(H,32,33)(H,39,40). The topological polar surface area (TPSA) is 144 Å². The van der Waals surface area contributed by atoms with Gasteiger partial charge in [0.1, 0.15) is 24.0 Å². The molecule has 0 bridgehead atoms. The van der Waals surface area contributed by atoms with Crippen molar-refractivity contribution in [2.75, 3.05) is 0 Å². The summed E-state index contributed by atoms with van der Waals surface area (Å²) in [4.78, 5) is 37.1. The molecule has 13 heteroatoms. The lowest BCUT2D eigenvalue weighted by Crippen LogP contribution is -2.28. The van der Waals surface area contributed by atoms with Gasteiger partial charge in [-0.1, -0.05) is 17.7 Å². The minimum atomic E-state index is -1.09. The number of rotatable bonds is 7. The first-order valence-corrected chi connectivity index (χ1v) is 12.3. The second kappa shape index (κ2) is 10.2. The van der Waals surface area contributed by atoms with Gasteiger partial charge in [0.15, 0.2) is 0 Å². The van der Waals surface area contributed by atoms with Crippen molar-refractivity contribution in [2.45, 2.75) is 12.5 Å². The lowest BCUT2D eigenvalue weighted by molar-refractivity contribution is 0.0697. The molecule has 0 aliphatic carbocycles. The third-order valence-corrected chi connectivity index (χ3v) is 6.64. The number of imidazole rings is 1. The summed E-state index contributed by atoms with van der Waals surface area (Å²) in [6.45, 7) is 0. The van der Waals surface area contributed by atoms with Crippen LogP contribution in [0.1, 0.15) is 27.9 Å². The van der Waals surface area contributed by atoms with Crippen molar-refractivity contribution in [3.63, 3.8) is 0 Å². The predicted molar refractivity (Wildman–Crippen MR) is 143 cm³/mol. The lowest BCUT2D eigenvalue weighted by atomic mass is 10.0. The van der Waals surface area contributed by atoms with E-state index in [1.54, 1.807) is 36.5 Å². The van der Waals surface area contributed by atoms with E-state index in [-0.39, 0.29) is 17.5 Å². The van der Waals surface area contributed by atoms with Crippen molar-refractivity contribution in [1.29, 1.82) is 0 Å². The molecule has 6 aromatic rings. The van der Waals surface area contributed by atoms with Crippen molar-refractivity contribution >= 4 is 28.6 Å². The minimum absolute atomic E-state index is 0.0153. The Morgan fingerprint density at radius 3 is 2.73 bits per heavy atom. The SMILES string of the molecule is O=C(O)c1ccc2[nH]c(C(Cc3ccccn3)n3cc(F)c(-c4cc(Cl)ccc4-n4cnnn4)cc3=O)nc2c1. The molecule has 4 aromatic heterocycles. The van der Waals surface area contributed by atoms with Crippen molar-refractivity contribution in [3.05, 3.63) is 118 Å². The normalized spacial score (nSPS) is 12.1. The van der Waals surface area contributed by atoms with E-state index >= 15 is 4.39 Å². The number of aromatic carboxylic acids is 1. The number of pyridine rings is 2. The number of carboxylic acids is 1. The van der Waals surface area contributed by atoms with E-state index in [9.17, 15) is 14.7 Å². The van der Waals surface area contributed by atoms with Crippen molar-refractivity contribution in [1.82, 2.24) is 39.7 Å². The number of benzene rings is 2. The highest BCUT2D eigenvalue weighted by molar-refractivity contribution is 6.31. The monoisotopic (exact) mass is 556 g/mol. The largest absolute Gasteiger partial charge is 0.478 e. The first kappa shape index (κ1) is 25.1. The summed E-state index contributed by atoms with van der Waals surface area (Å²) in [6.07, 6.45) is 4.30. The summed E-state index contributed by atoms with van der Waals surface area (Å²) in [5.41, 5.74) is 1.95. The number of halogens is 2. The number of tetrazole rings is 1. The molecule has 1 unspecified atom stereocenters. The zero-order valence-electron chi connectivity index (χ0n) is 20.4. The molecule has 2 aromatic carbocycles. The van der Waals surface area contributed by atoms with Crippen LogP contribution < -0.4 is 5.56 Å². The Hall–Kier alpha value is -5.23. The van der Waals surface area contributed by atoms with Crippen LogP contribution in [0.25, 0.3) is 27.8 Å². The number of carboxylic acid groups (broad SMARTS) is 1. The zero-order chi connectivity index (χ0) is 27.8. The van der Waals surface area contributed by atoms with E-state index in [0.717, 1.165) is 6.20 Å². The van der Waals surface area contributed by atoms with Gasteiger partial charge in [-0.3, -0.25) is 9.78 Å². The molecule has 0 aliphatic rings. The van der Waals surface area contributed by atoms with E-state index in [0.29, 0.717) is 38.8 Å². The smallest absolute Gasteiger partial charge is 0.335 e. The Balaban J connectivity index is 1.49. The fourth-order valence-corrected chi connectivity index (χ4v) is 4.70. The molecule has 1 atom stereocenters. The van der Waals surface area contributed by atoms with Crippen LogP contribution in [0.5, 0.6) is 0 Å². The van der Waals surface area contributed by atoms with E-state index in [2.05, 4.69) is 30.5 Å². The number of nitrogens with one attached hydrogen (secondary N) is 1. The maximum atomic E-state index is 15.9. The molecule has 0 saturated carbocycles. The highest BCUT2D eigenvalue weighted by Gasteiger charge is 2.24. The number of aromatic amines is 1. The molecule has 0 fully saturated rings. The zero-order valence-corrected chi connectivity index (χ0v) is 21.2. The molecule has 6 rings (SSSR count). The number of aromatic nitrogens is 8. The average molecular weight is 557 g/mol. The summed E-state index contributed by atoms with van der Waals surface area (Å²) in [5.74, 6) is -1.44. The van der Waals surface area contributed by atoms with Crippen molar-refractivity contribution in [3.8, 4) is 16.8 Å². The van der Waals surface area contributed by atoms with E-state index < -0.39 is 23.4 Å².